The van der Waals surface area contributed by atoms with E-state index in [-0.39, 0.29) is 47.8 Å². The number of nitrogens with one attached hydrogen (secondary N) is 3. The van der Waals surface area contributed by atoms with Crippen LogP contribution >= 0.6 is 0 Å². The first-order chi connectivity index (χ1) is 25.0. The maximum absolute atomic E-state index is 14.2. The molecule has 3 rings (SSSR count). The number of aliphatic carboxylic acids is 1. The molecule has 1 saturated carbocycles. The lowest BCUT2D eigenvalue weighted by atomic mass is 9.89. The minimum absolute atomic E-state index is 0.00853. The van der Waals surface area contributed by atoms with Gasteiger partial charge in [-0.3, -0.25) is 19.2 Å². The molecule has 4 amide bonds. The molecule has 0 aromatic heterocycles. The maximum atomic E-state index is 14.2. The molecule has 298 valence electrons. The zero-order chi connectivity index (χ0) is 39.8. The number of carbonyl (C=O) groups is 5. The average Bonchev–Trinajstić information content (AvgIpc) is 3.66. The van der Waals surface area contributed by atoms with Crippen LogP contribution in [0.5, 0.6) is 0 Å². The van der Waals surface area contributed by atoms with E-state index >= 15 is 0 Å². The van der Waals surface area contributed by atoms with Crippen molar-refractivity contribution >= 4 is 29.6 Å². The van der Waals surface area contributed by atoms with E-state index in [2.05, 4.69) is 16.0 Å². The van der Waals surface area contributed by atoms with E-state index in [4.69, 9.17) is 9.47 Å². The first-order valence-corrected chi connectivity index (χ1v) is 19.2. The number of amides is 4. The Morgan fingerprint density at radius 1 is 0.962 bits per heavy atom. The van der Waals surface area contributed by atoms with Crippen LogP contribution in [0.2, 0.25) is 0 Å². The fourth-order valence-corrected chi connectivity index (χ4v) is 8.16. The number of carbonyl (C=O) groups excluding carboxylic acids is 4. The smallest absolute Gasteiger partial charge is 0.330 e. The first kappa shape index (κ1) is 43.9. The molecule has 1 aliphatic heterocycles. The lowest BCUT2D eigenvalue weighted by Crippen LogP contribution is -2.59. The van der Waals surface area contributed by atoms with E-state index in [1.807, 2.05) is 71.9 Å². The van der Waals surface area contributed by atoms with Gasteiger partial charge in [0.1, 0.15) is 11.6 Å². The summed E-state index contributed by atoms with van der Waals surface area (Å²) in [4.78, 5) is 71.0. The number of likely N-dealkylation sites (N-methyl/N-ethyl adjacent to an activating group) is 2. The second-order valence-electron chi connectivity index (χ2n) is 15.8. The average molecular weight is 744 g/mol. The van der Waals surface area contributed by atoms with Crippen molar-refractivity contribution in [2.24, 2.45) is 23.7 Å². The Morgan fingerprint density at radius 3 is 2.09 bits per heavy atom. The zero-order valence-corrected chi connectivity index (χ0v) is 33.7. The van der Waals surface area contributed by atoms with Crippen molar-refractivity contribution in [2.45, 2.75) is 128 Å². The van der Waals surface area contributed by atoms with Crippen molar-refractivity contribution < 1.29 is 38.6 Å². The van der Waals surface area contributed by atoms with Crippen LogP contribution in [0, 0.1) is 23.7 Å². The summed E-state index contributed by atoms with van der Waals surface area (Å²) in [5.74, 6) is -3.50. The number of likely N-dealkylation sites (tertiary alicyclic amines) is 1. The van der Waals surface area contributed by atoms with Gasteiger partial charge in [-0.2, -0.15) is 0 Å². The van der Waals surface area contributed by atoms with Gasteiger partial charge in [-0.15, -0.1) is 0 Å². The third-order valence-electron chi connectivity index (χ3n) is 11.6. The van der Waals surface area contributed by atoms with Crippen LogP contribution in [0.25, 0.3) is 0 Å². The highest BCUT2D eigenvalue weighted by Crippen LogP contribution is 2.52. The number of carboxylic acid groups (broad SMARTS) is 1. The van der Waals surface area contributed by atoms with Crippen LogP contribution in [-0.2, 0) is 33.4 Å². The number of nitrogens with zero attached hydrogens (tertiary/aromatic N) is 2. The van der Waals surface area contributed by atoms with Crippen LogP contribution < -0.4 is 16.0 Å². The van der Waals surface area contributed by atoms with Crippen LogP contribution in [0.4, 0.5) is 0 Å². The van der Waals surface area contributed by atoms with Gasteiger partial charge in [0.25, 0.3) is 0 Å². The summed E-state index contributed by atoms with van der Waals surface area (Å²) in [6.07, 6.45) is 0.997. The Labute approximate surface area is 316 Å². The van der Waals surface area contributed by atoms with E-state index < -0.39 is 59.7 Å². The van der Waals surface area contributed by atoms with E-state index in [1.54, 1.807) is 30.8 Å². The number of rotatable bonds is 20. The molecular formula is C40H65N5O8. The summed E-state index contributed by atoms with van der Waals surface area (Å²) in [6, 6.07) is 7.17. The van der Waals surface area contributed by atoms with Gasteiger partial charge in [-0.1, -0.05) is 85.2 Å². The third kappa shape index (κ3) is 9.96. The normalized spacial score (nSPS) is 23.8. The first-order valence-electron chi connectivity index (χ1n) is 19.2. The number of methoxy groups -OCH3 is 2. The van der Waals surface area contributed by atoms with Gasteiger partial charge >= 0.3 is 5.97 Å². The second-order valence-corrected chi connectivity index (χ2v) is 15.8. The highest BCUT2D eigenvalue weighted by molar-refractivity contribution is 5.93. The molecule has 53 heavy (non-hydrogen) atoms. The topological polar surface area (TPSA) is 167 Å². The summed E-state index contributed by atoms with van der Waals surface area (Å²) < 4.78 is 11.9. The van der Waals surface area contributed by atoms with Crippen molar-refractivity contribution in [3.63, 3.8) is 0 Å². The number of hydrogen-bond acceptors (Lipinski definition) is 8. The van der Waals surface area contributed by atoms with Crippen LogP contribution in [-0.4, -0.2) is 121 Å². The highest BCUT2D eigenvalue weighted by Gasteiger charge is 2.62. The predicted molar refractivity (Wildman–Crippen MR) is 203 cm³/mol. The molecule has 0 radical (unpaired) electrons. The fourth-order valence-electron chi connectivity index (χ4n) is 8.16. The number of benzene rings is 1. The van der Waals surface area contributed by atoms with Crippen molar-refractivity contribution in [3.8, 4) is 0 Å². The van der Waals surface area contributed by atoms with Gasteiger partial charge in [0.05, 0.1) is 42.7 Å². The Kier molecular flexibility index (Phi) is 15.9. The molecule has 0 spiro atoms. The zero-order valence-electron chi connectivity index (χ0n) is 33.7. The van der Waals surface area contributed by atoms with Crippen molar-refractivity contribution in [3.05, 3.63) is 35.9 Å². The van der Waals surface area contributed by atoms with E-state index in [9.17, 15) is 29.1 Å². The molecule has 1 heterocycles. The Hall–Kier alpha value is -3.55. The summed E-state index contributed by atoms with van der Waals surface area (Å²) in [5, 5.41) is 19.0. The van der Waals surface area contributed by atoms with Crippen molar-refractivity contribution in [2.75, 3.05) is 34.9 Å². The summed E-state index contributed by atoms with van der Waals surface area (Å²) in [7, 11) is 6.48. The molecular weight excluding hydrogens is 678 g/mol. The van der Waals surface area contributed by atoms with Gasteiger partial charge in [0, 0.05) is 33.7 Å². The second kappa shape index (κ2) is 19.2. The van der Waals surface area contributed by atoms with E-state index in [0.29, 0.717) is 25.8 Å². The largest absolute Gasteiger partial charge is 0.479 e. The number of ether oxygens (including phenoxy) is 2. The molecule has 4 N–H and O–H groups in total. The lowest BCUT2D eigenvalue weighted by molar-refractivity contribution is -0.148. The van der Waals surface area contributed by atoms with Gasteiger partial charge in [0.15, 0.2) is 0 Å². The minimum Gasteiger partial charge on any atom is -0.479 e. The molecule has 13 heteroatoms. The number of hydrogen-bond donors (Lipinski definition) is 4. The molecule has 0 unspecified atom stereocenters. The molecule has 10 atom stereocenters. The van der Waals surface area contributed by atoms with Gasteiger partial charge in [-0.05, 0) is 49.6 Å². The molecule has 13 nitrogen and oxygen atoms in total. The third-order valence-corrected chi connectivity index (χ3v) is 11.6. The highest BCUT2D eigenvalue weighted by atomic mass is 16.5. The monoisotopic (exact) mass is 743 g/mol. The van der Waals surface area contributed by atoms with Crippen molar-refractivity contribution in [1.29, 1.82) is 0 Å². The summed E-state index contributed by atoms with van der Waals surface area (Å²) in [6.45, 7) is 13.9. The van der Waals surface area contributed by atoms with E-state index in [1.165, 1.54) is 14.2 Å². The SMILES string of the molecule is CC[C@H](C)[C@@H]([C@@H](CC(=O)N1CCC[C@H]1[C@H](OC)[C@@H](C)C(=O)N[C@@]1(C(=O)O)C[C@@H]1c1ccccc1)OC)N(C)C(=O)[C@@H](NC(=O)[C@@H](NC)C(C)C)C(C)C. The van der Waals surface area contributed by atoms with E-state index in [0.717, 1.165) is 12.0 Å². The molecule has 1 aromatic carbocycles. The standard InChI is InChI=1S/C40H65N5O8/c1-12-25(6)34(44(9)38(49)33(24(4)5)42-37(48)32(41-8)23(2)3)30(52-10)21-31(46)45-20-16-19-29(45)35(53-11)26(7)36(47)43-40(39(50)51)22-28(40)27-17-14-13-15-18-27/h13-15,17-18,23-26,28-30,32-35,41H,12,16,19-22H2,1-11H3,(H,42,48)(H,43,47)(H,50,51)/t25-,26+,28+,29-,30+,32-,33-,34-,35+,40-/m0/s1. The molecule has 2 fully saturated rings. The molecule has 2 aliphatic rings. The molecule has 1 saturated heterocycles. The fraction of sp³-hybridized carbons (Fsp3) is 0.725. The Balaban J connectivity index is 1.78. The molecule has 0 bridgehead atoms. The van der Waals surface area contributed by atoms with Crippen LogP contribution in [0.3, 0.4) is 0 Å². The maximum Gasteiger partial charge on any atom is 0.330 e. The molecule has 1 aromatic rings. The Bertz CT molecular complexity index is 1410. The van der Waals surface area contributed by atoms with Crippen LogP contribution in [0.15, 0.2) is 30.3 Å². The Morgan fingerprint density at radius 2 is 1.58 bits per heavy atom. The quantitative estimate of drug-likeness (QED) is 0.157. The van der Waals surface area contributed by atoms with Gasteiger partial charge < -0.3 is 40.3 Å². The van der Waals surface area contributed by atoms with Gasteiger partial charge in [0.2, 0.25) is 23.6 Å². The summed E-state index contributed by atoms with van der Waals surface area (Å²) in [5.41, 5.74) is -0.538. The molecule has 1 aliphatic carbocycles. The lowest BCUT2D eigenvalue weighted by Gasteiger charge is -2.41. The number of carboxylic acids is 1. The minimum atomic E-state index is -1.39. The van der Waals surface area contributed by atoms with Crippen molar-refractivity contribution in [1.82, 2.24) is 25.8 Å². The summed E-state index contributed by atoms with van der Waals surface area (Å²) >= 11 is 0. The van der Waals surface area contributed by atoms with Gasteiger partial charge in [-0.25, -0.2) is 4.79 Å². The predicted octanol–water partition coefficient (Wildman–Crippen LogP) is 3.42. The van der Waals surface area contributed by atoms with Crippen LogP contribution in [0.1, 0.15) is 92.1 Å².